The van der Waals surface area contributed by atoms with Gasteiger partial charge < -0.3 is 10.2 Å². The van der Waals surface area contributed by atoms with E-state index in [0.717, 1.165) is 20.2 Å². The lowest BCUT2D eigenvalue weighted by molar-refractivity contribution is -0.140. The van der Waals surface area contributed by atoms with Crippen LogP contribution in [-0.4, -0.2) is 37.9 Å². The zero-order valence-corrected chi connectivity index (χ0v) is 14.6. The Kier molecular flexibility index (Phi) is 4.89. The summed E-state index contributed by atoms with van der Waals surface area (Å²) >= 11 is 8.16. The van der Waals surface area contributed by atoms with Crippen LogP contribution in [0.5, 0.6) is 5.75 Å². The lowest BCUT2D eigenvalue weighted by Crippen LogP contribution is -2.33. The second-order valence-electron chi connectivity index (χ2n) is 4.32. The minimum atomic E-state index is -1.12. The average Bonchev–Trinajstić information content (AvgIpc) is 2.63. The van der Waals surface area contributed by atoms with Crippen LogP contribution in [0.4, 0.5) is 0 Å². The summed E-state index contributed by atoms with van der Waals surface area (Å²) < 4.78 is 1.13. The summed E-state index contributed by atoms with van der Waals surface area (Å²) in [6, 6.07) is 3.56. The van der Waals surface area contributed by atoms with Gasteiger partial charge in [0.05, 0.1) is 4.91 Å². The van der Waals surface area contributed by atoms with Gasteiger partial charge in [-0.25, -0.2) is 0 Å². The van der Waals surface area contributed by atoms with Gasteiger partial charge in [0, 0.05) is 9.13 Å². The van der Waals surface area contributed by atoms with Crippen molar-refractivity contribution in [2.45, 2.75) is 6.92 Å². The number of hydrogen-bond acceptors (Lipinski definition) is 5. The average molecular weight is 435 g/mol. The van der Waals surface area contributed by atoms with Crippen LogP contribution in [0, 0.1) is 10.5 Å². The number of carboxylic acid groups (broad SMARTS) is 1. The first-order valence-electron chi connectivity index (χ1n) is 5.76. The summed E-state index contributed by atoms with van der Waals surface area (Å²) in [5.41, 5.74) is 1.21. The molecule has 1 aliphatic rings. The van der Waals surface area contributed by atoms with E-state index in [1.54, 1.807) is 13.0 Å². The van der Waals surface area contributed by atoms with Gasteiger partial charge in [0.25, 0.3) is 5.91 Å². The molecule has 0 saturated carbocycles. The minimum absolute atomic E-state index is 0.0962. The summed E-state index contributed by atoms with van der Waals surface area (Å²) in [5.74, 6) is -1.48. The van der Waals surface area contributed by atoms with Crippen molar-refractivity contribution in [2.24, 2.45) is 0 Å². The van der Waals surface area contributed by atoms with Gasteiger partial charge in [-0.3, -0.25) is 14.5 Å². The van der Waals surface area contributed by atoms with Crippen molar-refractivity contribution in [2.75, 3.05) is 6.54 Å². The van der Waals surface area contributed by atoms with Crippen LogP contribution in [0.1, 0.15) is 11.1 Å². The second-order valence-corrected chi connectivity index (χ2v) is 7.24. The van der Waals surface area contributed by atoms with Crippen molar-refractivity contribution in [1.82, 2.24) is 4.90 Å². The van der Waals surface area contributed by atoms with Gasteiger partial charge in [-0.2, -0.15) is 0 Å². The molecule has 8 heteroatoms. The molecule has 1 saturated heterocycles. The monoisotopic (exact) mass is 435 g/mol. The maximum Gasteiger partial charge on any atom is 0.323 e. The first kappa shape index (κ1) is 16.2. The predicted octanol–water partition coefficient (Wildman–Crippen LogP) is 2.59. The Morgan fingerprint density at radius 3 is 2.81 bits per heavy atom. The van der Waals surface area contributed by atoms with Crippen LogP contribution in [0.25, 0.3) is 6.08 Å². The number of phenolic OH excluding ortho intramolecular Hbond substituents is 1. The molecule has 0 bridgehead atoms. The molecule has 0 aromatic heterocycles. The highest BCUT2D eigenvalue weighted by Crippen LogP contribution is 2.35. The van der Waals surface area contributed by atoms with E-state index in [1.807, 2.05) is 6.07 Å². The number of carbonyl (C=O) groups excluding carboxylic acids is 1. The number of halogens is 1. The Balaban J connectivity index is 2.37. The van der Waals surface area contributed by atoms with Crippen LogP contribution in [0.3, 0.4) is 0 Å². The number of hydrogen-bond donors (Lipinski definition) is 2. The molecule has 1 aliphatic heterocycles. The molecule has 5 nitrogen and oxygen atoms in total. The fourth-order valence-corrected chi connectivity index (χ4v) is 3.83. The Morgan fingerprint density at radius 2 is 2.19 bits per heavy atom. The van der Waals surface area contributed by atoms with Crippen LogP contribution in [0.15, 0.2) is 17.0 Å². The molecule has 1 fully saturated rings. The van der Waals surface area contributed by atoms with Gasteiger partial charge >= 0.3 is 5.97 Å². The third-order valence-electron chi connectivity index (χ3n) is 2.75. The summed E-state index contributed by atoms with van der Waals surface area (Å²) in [5, 5.41) is 18.8. The maximum atomic E-state index is 12.1. The van der Waals surface area contributed by atoms with Crippen molar-refractivity contribution in [3.8, 4) is 5.75 Å². The largest absolute Gasteiger partial charge is 0.507 e. The summed E-state index contributed by atoms with van der Waals surface area (Å²) in [4.78, 5) is 24.2. The van der Waals surface area contributed by atoms with Crippen molar-refractivity contribution in [3.63, 3.8) is 0 Å². The quantitative estimate of drug-likeness (QED) is 0.432. The molecule has 1 amide bonds. The number of amides is 1. The minimum Gasteiger partial charge on any atom is -0.507 e. The van der Waals surface area contributed by atoms with Gasteiger partial charge in [0.2, 0.25) is 0 Å². The second kappa shape index (κ2) is 6.32. The van der Waals surface area contributed by atoms with E-state index < -0.39 is 18.4 Å². The molecule has 0 spiro atoms. The van der Waals surface area contributed by atoms with Crippen LogP contribution in [0.2, 0.25) is 0 Å². The highest BCUT2D eigenvalue weighted by Gasteiger charge is 2.33. The molecular formula is C13H10INO4S2. The van der Waals surface area contributed by atoms with Crippen molar-refractivity contribution < 1.29 is 19.8 Å². The van der Waals surface area contributed by atoms with E-state index in [-0.39, 0.29) is 10.1 Å². The Morgan fingerprint density at radius 1 is 1.52 bits per heavy atom. The standard InChI is InChI=1S/C13H10INO4S2/c1-6-2-8(14)3-7(11(6)18)4-9-12(19)15(5-10(16)17)13(20)21-9/h2-4,18H,5H2,1H3,(H,16,17)/b9-4+. The number of carboxylic acids is 1. The van der Waals surface area contributed by atoms with Crippen LogP contribution < -0.4 is 0 Å². The van der Waals surface area contributed by atoms with E-state index in [0.29, 0.717) is 16.0 Å². The van der Waals surface area contributed by atoms with E-state index in [4.69, 9.17) is 17.3 Å². The number of rotatable bonds is 3. The first-order valence-corrected chi connectivity index (χ1v) is 8.06. The number of nitrogens with zero attached hydrogens (tertiary/aromatic N) is 1. The fraction of sp³-hybridized carbons (Fsp3) is 0.154. The molecule has 0 atom stereocenters. The number of aromatic hydroxyl groups is 1. The van der Waals surface area contributed by atoms with Gasteiger partial charge in [0.15, 0.2) is 0 Å². The number of phenols is 1. The van der Waals surface area contributed by atoms with Crippen molar-refractivity contribution in [1.29, 1.82) is 0 Å². The van der Waals surface area contributed by atoms with Crippen LogP contribution >= 0.6 is 46.6 Å². The van der Waals surface area contributed by atoms with Gasteiger partial charge in [-0.15, -0.1) is 0 Å². The molecule has 1 aromatic carbocycles. The van der Waals surface area contributed by atoms with Crippen LogP contribution in [-0.2, 0) is 9.59 Å². The molecule has 0 aliphatic carbocycles. The Hall–Kier alpha value is -1.13. The Labute approximate surface area is 144 Å². The van der Waals surface area contributed by atoms with E-state index >= 15 is 0 Å². The molecule has 2 N–H and O–H groups in total. The number of benzene rings is 1. The summed E-state index contributed by atoms with van der Waals surface area (Å²) in [6.45, 7) is 1.31. The van der Waals surface area contributed by atoms with E-state index in [2.05, 4.69) is 22.6 Å². The number of aliphatic carboxylic acids is 1. The zero-order chi connectivity index (χ0) is 15.7. The molecule has 0 unspecified atom stereocenters. The summed E-state index contributed by atoms with van der Waals surface area (Å²) in [7, 11) is 0. The third kappa shape index (κ3) is 3.55. The number of aryl methyl sites for hydroxylation is 1. The molecule has 21 heavy (non-hydrogen) atoms. The smallest absolute Gasteiger partial charge is 0.323 e. The van der Waals surface area contributed by atoms with Gasteiger partial charge in [-0.1, -0.05) is 24.0 Å². The molecule has 0 radical (unpaired) electrons. The SMILES string of the molecule is Cc1cc(I)cc(/C=C2/SC(=S)N(CC(=O)O)C2=O)c1O. The number of carbonyl (C=O) groups is 2. The molecule has 2 rings (SSSR count). The third-order valence-corrected chi connectivity index (χ3v) is 4.75. The first-order chi connectivity index (χ1) is 9.79. The highest BCUT2D eigenvalue weighted by molar-refractivity contribution is 14.1. The highest BCUT2D eigenvalue weighted by atomic mass is 127. The number of thiocarbonyl (C=S) groups is 1. The van der Waals surface area contributed by atoms with E-state index in [1.165, 1.54) is 6.08 Å². The summed E-state index contributed by atoms with van der Waals surface area (Å²) in [6.07, 6.45) is 1.53. The maximum absolute atomic E-state index is 12.1. The predicted molar refractivity (Wildman–Crippen MR) is 93.1 cm³/mol. The normalized spacial score (nSPS) is 16.9. The lowest BCUT2D eigenvalue weighted by atomic mass is 10.1. The Bertz CT molecular complexity index is 687. The van der Waals surface area contributed by atoms with E-state index in [9.17, 15) is 14.7 Å². The zero-order valence-electron chi connectivity index (χ0n) is 10.8. The lowest BCUT2D eigenvalue weighted by Gasteiger charge is -2.10. The van der Waals surface area contributed by atoms with Crippen molar-refractivity contribution >= 4 is 68.8 Å². The van der Waals surface area contributed by atoms with Crippen molar-refractivity contribution in [3.05, 3.63) is 31.7 Å². The molecular weight excluding hydrogens is 425 g/mol. The fourth-order valence-electron chi connectivity index (χ4n) is 1.78. The number of thioether (sulfide) groups is 1. The molecule has 1 aromatic rings. The van der Waals surface area contributed by atoms with Gasteiger partial charge in [-0.05, 0) is 53.3 Å². The molecule has 110 valence electrons. The topological polar surface area (TPSA) is 77.8 Å². The van der Waals surface area contributed by atoms with Gasteiger partial charge in [0.1, 0.15) is 16.6 Å². The molecule has 1 heterocycles.